The Morgan fingerprint density at radius 1 is 1.47 bits per heavy atom. The van der Waals surface area contributed by atoms with Gasteiger partial charge in [-0.05, 0) is 18.9 Å². The summed E-state index contributed by atoms with van der Waals surface area (Å²) in [7, 11) is 0. The molecule has 6 heteroatoms. The number of nitrogens with one attached hydrogen (secondary N) is 1. The molecule has 2 heterocycles. The van der Waals surface area contributed by atoms with Crippen LogP contribution in [-0.4, -0.2) is 27.6 Å². The number of aromatic nitrogens is 2. The van der Waals surface area contributed by atoms with Crippen molar-refractivity contribution in [3.8, 4) is 0 Å². The number of nitrogens with zero attached hydrogens (tertiary/aromatic N) is 2. The van der Waals surface area contributed by atoms with Crippen molar-refractivity contribution >= 4 is 33.3 Å². The number of carbonyl (C=O) groups is 1. The smallest absolute Gasteiger partial charge is 0.308 e. The van der Waals surface area contributed by atoms with E-state index < -0.39 is 11.9 Å². The SMILES string of the molecule is CCc1cc2c(NCC(CC)C(=O)O)ncnc2s1. The van der Waals surface area contributed by atoms with Gasteiger partial charge in [0.1, 0.15) is 17.0 Å². The molecule has 1 atom stereocenters. The molecule has 0 saturated heterocycles. The Kier molecular flexibility index (Phi) is 4.31. The number of aliphatic carboxylic acids is 1. The van der Waals surface area contributed by atoms with Gasteiger partial charge in [-0.25, -0.2) is 9.97 Å². The molecule has 0 aliphatic rings. The van der Waals surface area contributed by atoms with Gasteiger partial charge in [0.2, 0.25) is 0 Å². The van der Waals surface area contributed by atoms with E-state index in [9.17, 15) is 4.79 Å². The average molecular weight is 279 g/mol. The molecule has 0 bridgehead atoms. The molecule has 0 aliphatic carbocycles. The van der Waals surface area contributed by atoms with Gasteiger partial charge in [0.05, 0.1) is 11.3 Å². The number of fused-ring (bicyclic) bond motifs is 1. The molecule has 0 fully saturated rings. The van der Waals surface area contributed by atoms with Gasteiger partial charge in [-0.1, -0.05) is 13.8 Å². The van der Waals surface area contributed by atoms with E-state index in [1.807, 2.05) is 6.92 Å². The second-order valence-corrected chi connectivity index (χ2v) is 5.45. The average Bonchev–Trinajstić information content (AvgIpc) is 2.82. The summed E-state index contributed by atoms with van der Waals surface area (Å²) in [6, 6.07) is 2.07. The van der Waals surface area contributed by atoms with Gasteiger partial charge < -0.3 is 10.4 Å². The molecule has 2 aromatic rings. The van der Waals surface area contributed by atoms with E-state index in [4.69, 9.17) is 5.11 Å². The van der Waals surface area contributed by atoms with Gasteiger partial charge in [0.15, 0.2) is 0 Å². The first-order chi connectivity index (χ1) is 9.15. The normalized spacial score (nSPS) is 12.5. The van der Waals surface area contributed by atoms with E-state index in [0.29, 0.717) is 13.0 Å². The minimum absolute atomic E-state index is 0.384. The van der Waals surface area contributed by atoms with Crippen LogP contribution in [0.3, 0.4) is 0 Å². The standard InChI is InChI=1S/C13H17N3O2S/c1-3-8(13(17)18)6-14-11-10-5-9(4-2)19-12(10)16-7-15-11/h5,7-8H,3-4,6H2,1-2H3,(H,17,18)(H,14,15,16). The Hall–Kier alpha value is -1.69. The minimum atomic E-state index is -0.778. The van der Waals surface area contributed by atoms with Crippen molar-refractivity contribution < 1.29 is 9.90 Å². The lowest BCUT2D eigenvalue weighted by molar-refractivity contribution is -0.141. The van der Waals surface area contributed by atoms with E-state index >= 15 is 0 Å². The zero-order chi connectivity index (χ0) is 13.8. The number of hydrogen-bond acceptors (Lipinski definition) is 5. The molecule has 0 saturated carbocycles. The van der Waals surface area contributed by atoms with Crippen LogP contribution in [0.15, 0.2) is 12.4 Å². The topological polar surface area (TPSA) is 75.1 Å². The molecular weight excluding hydrogens is 262 g/mol. The first kappa shape index (κ1) is 13.7. The number of thiophene rings is 1. The Bertz CT molecular complexity index is 582. The fraction of sp³-hybridized carbons (Fsp3) is 0.462. The van der Waals surface area contributed by atoms with Gasteiger partial charge >= 0.3 is 5.97 Å². The second-order valence-electron chi connectivity index (χ2n) is 4.33. The lowest BCUT2D eigenvalue weighted by Crippen LogP contribution is -2.22. The van der Waals surface area contributed by atoms with Gasteiger partial charge in [-0.2, -0.15) is 0 Å². The van der Waals surface area contributed by atoms with Crippen LogP contribution >= 0.6 is 11.3 Å². The Balaban J connectivity index is 2.20. The highest BCUT2D eigenvalue weighted by Crippen LogP contribution is 2.28. The molecule has 19 heavy (non-hydrogen) atoms. The van der Waals surface area contributed by atoms with Crippen LogP contribution in [0.25, 0.3) is 10.2 Å². The third kappa shape index (κ3) is 3.01. The van der Waals surface area contributed by atoms with Crippen LogP contribution in [0.5, 0.6) is 0 Å². The van der Waals surface area contributed by atoms with E-state index in [1.165, 1.54) is 11.2 Å². The molecule has 0 radical (unpaired) electrons. The van der Waals surface area contributed by atoms with Crippen LogP contribution in [0, 0.1) is 5.92 Å². The summed E-state index contributed by atoms with van der Waals surface area (Å²) in [5.41, 5.74) is 0. The largest absolute Gasteiger partial charge is 0.481 e. The van der Waals surface area contributed by atoms with E-state index in [-0.39, 0.29) is 0 Å². The monoisotopic (exact) mass is 279 g/mol. The molecule has 102 valence electrons. The third-order valence-corrected chi connectivity index (χ3v) is 4.27. The number of rotatable bonds is 6. The van der Waals surface area contributed by atoms with Crippen LogP contribution in [0.4, 0.5) is 5.82 Å². The molecule has 0 aliphatic heterocycles. The maximum atomic E-state index is 11.0. The number of carboxylic acids is 1. The molecule has 0 spiro atoms. The van der Waals surface area contributed by atoms with Crippen molar-refractivity contribution in [2.24, 2.45) is 5.92 Å². The molecule has 0 amide bonds. The molecule has 1 unspecified atom stereocenters. The molecule has 2 rings (SSSR count). The highest BCUT2D eigenvalue weighted by molar-refractivity contribution is 7.18. The van der Waals surface area contributed by atoms with Gasteiger partial charge in [-0.3, -0.25) is 4.79 Å². The molecule has 5 nitrogen and oxygen atoms in total. The number of hydrogen-bond donors (Lipinski definition) is 2. The summed E-state index contributed by atoms with van der Waals surface area (Å²) >= 11 is 1.65. The van der Waals surface area contributed by atoms with Gasteiger partial charge in [-0.15, -0.1) is 11.3 Å². The van der Waals surface area contributed by atoms with E-state index in [0.717, 1.165) is 22.5 Å². The fourth-order valence-corrected chi connectivity index (χ4v) is 2.78. The minimum Gasteiger partial charge on any atom is -0.481 e. The van der Waals surface area contributed by atoms with Crippen molar-refractivity contribution in [2.75, 3.05) is 11.9 Å². The Labute approximate surface area is 115 Å². The molecule has 2 aromatic heterocycles. The summed E-state index contributed by atoms with van der Waals surface area (Å²) in [6.45, 7) is 4.36. The quantitative estimate of drug-likeness (QED) is 0.850. The Morgan fingerprint density at radius 2 is 2.26 bits per heavy atom. The number of anilines is 1. The van der Waals surface area contributed by atoms with Crippen LogP contribution in [0.2, 0.25) is 0 Å². The zero-order valence-corrected chi connectivity index (χ0v) is 11.8. The summed E-state index contributed by atoms with van der Waals surface area (Å²) in [6.07, 6.45) is 3.08. The van der Waals surface area contributed by atoms with Gasteiger partial charge in [0, 0.05) is 11.4 Å². The van der Waals surface area contributed by atoms with Crippen molar-refractivity contribution in [2.45, 2.75) is 26.7 Å². The Morgan fingerprint density at radius 3 is 2.89 bits per heavy atom. The van der Waals surface area contributed by atoms with E-state index in [1.54, 1.807) is 11.3 Å². The molecule has 0 aromatic carbocycles. The summed E-state index contributed by atoms with van der Waals surface area (Å²) in [4.78, 5) is 21.6. The zero-order valence-electron chi connectivity index (χ0n) is 11.0. The van der Waals surface area contributed by atoms with Crippen LogP contribution < -0.4 is 5.32 Å². The predicted molar refractivity (Wildman–Crippen MR) is 76.7 cm³/mol. The summed E-state index contributed by atoms with van der Waals surface area (Å²) < 4.78 is 0. The maximum absolute atomic E-state index is 11.0. The third-order valence-electron chi connectivity index (χ3n) is 3.09. The first-order valence-electron chi connectivity index (χ1n) is 6.35. The second kappa shape index (κ2) is 5.97. The summed E-state index contributed by atoms with van der Waals surface area (Å²) in [5, 5.41) is 13.1. The van der Waals surface area contributed by atoms with Crippen molar-refractivity contribution in [3.63, 3.8) is 0 Å². The van der Waals surface area contributed by atoms with Crippen LogP contribution in [-0.2, 0) is 11.2 Å². The fourth-order valence-electron chi connectivity index (χ4n) is 1.85. The highest BCUT2D eigenvalue weighted by Gasteiger charge is 2.16. The van der Waals surface area contributed by atoms with Crippen molar-refractivity contribution in [3.05, 3.63) is 17.3 Å². The van der Waals surface area contributed by atoms with Crippen molar-refractivity contribution in [1.29, 1.82) is 0 Å². The highest BCUT2D eigenvalue weighted by atomic mass is 32.1. The number of carboxylic acid groups (broad SMARTS) is 1. The van der Waals surface area contributed by atoms with E-state index in [2.05, 4.69) is 28.3 Å². The number of aryl methyl sites for hydroxylation is 1. The van der Waals surface area contributed by atoms with Crippen molar-refractivity contribution in [1.82, 2.24) is 9.97 Å². The predicted octanol–water partition coefficient (Wildman–Crippen LogP) is 2.78. The first-order valence-corrected chi connectivity index (χ1v) is 7.17. The summed E-state index contributed by atoms with van der Waals surface area (Å²) in [5.74, 6) is -0.449. The molecule has 2 N–H and O–H groups in total. The van der Waals surface area contributed by atoms with Crippen LogP contribution in [0.1, 0.15) is 25.1 Å². The lowest BCUT2D eigenvalue weighted by Gasteiger charge is -2.11. The molecular formula is C13H17N3O2S. The lowest BCUT2D eigenvalue weighted by atomic mass is 10.1. The van der Waals surface area contributed by atoms with Gasteiger partial charge in [0.25, 0.3) is 0 Å². The maximum Gasteiger partial charge on any atom is 0.308 e.